The van der Waals surface area contributed by atoms with E-state index >= 15 is 0 Å². The topological polar surface area (TPSA) is 70.3 Å². The van der Waals surface area contributed by atoms with Crippen LogP contribution < -0.4 is 15.2 Å². The van der Waals surface area contributed by atoms with Crippen LogP contribution in [0.25, 0.3) is 0 Å². The number of ether oxygens (including phenoxy) is 2. The fourth-order valence-corrected chi connectivity index (χ4v) is 1.30. The van der Waals surface area contributed by atoms with E-state index in [4.69, 9.17) is 15.2 Å². The summed E-state index contributed by atoms with van der Waals surface area (Å²) >= 11 is 0. The van der Waals surface area contributed by atoms with E-state index in [0.29, 0.717) is 29.8 Å². The van der Waals surface area contributed by atoms with E-state index in [9.17, 15) is 0 Å². The first-order valence-corrected chi connectivity index (χ1v) is 5.27. The van der Waals surface area contributed by atoms with Crippen molar-refractivity contribution >= 4 is 5.82 Å². The zero-order chi connectivity index (χ0) is 12.1. The van der Waals surface area contributed by atoms with Gasteiger partial charge in [-0.2, -0.15) is 0 Å². The number of nitrogens with two attached hydrogens (primary N) is 1. The van der Waals surface area contributed by atoms with Crippen molar-refractivity contribution < 1.29 is 9.47 Å². The molecular formula is C12H13N3O2. The Bertz CT molecular complexity index is 485. The number of nitrogen functional groups attached to an aromatic ring is 1. The zero-order valence-corrected chi connectivity index (χ0v) is 9.46. The summed E-state index contributed by atoms with van der Waals surface area (Å²) in [4.78, 5) is 7.91. The third kappa shape index (κ3) is 2.84. The maximum Gasteiger partial charge on any atom is 0.238 e. The van der Waals surface area contributed by atoms with Gasteiger partial charge in [0.1, 0.15) is 5.82 Å². The molecule has 0 aliphatic rings. The molecule has 0 radical (unpaired) electrons. The molecule has 1 aromatic heterocycles. The SMILES string of the molecule is CCOc1ccccc1Oc1cnc(N)cn1. The Morgan fingerprint density at radius 2 is 1.88 bits per heavy atom. The minimum absolute atomic E-state index is 0.357. The first-order chi connectivity index (χ1) is 8.29. The van der Waals surface area contributed by atoms with E-state index < -0.39 is 0 Å². The average molecular weight is 231 g/mol. The summed E-state index contributed by atoms with van der Waals surface area (Å²) in [6.07, 6.45) is 2.91. The fraction of sp³-hybridized carbons (Fsp3) is 0.167. The summed E-state index contributed by atoms with van der Waals surface area (Å²) in [6, 6.07) is 7.39. The molecule has 2 rings (SSSR count). The molecule has 88 valence electrons. The van der Waals surface area contributed by atoms with Gasteiger partial charge in [0.25, 0.3) is 0 Å². The Labute approximate surface area is 99.2 Å². The number of benzene rings is 1. The van der Waals surface area contributed by atoms with Gasteiger partial charge in [-0.1, -0.05) is 12.1 Å². The summed E-state index contributed by atoms with van der Waals surface area (Å²) in [5.41, 5.74) is 5.44. The standard InChI is InChI=1S/C12H13N3O2/c1-2-16-9-5-3-4-6-10(9)17-12-8-14-11(13)7-15-12/h3-8H,2H2,1H3,(H2,13,14). The van der Waals surface area contributed by atoms with Gasteiger partial charge in [0.05, 0.1) is 19.0 Å². The minimum Gasteiger partial charge on any atom is -0.490 e. The second-order valence-electron chi connectivity index (χ2n) is 3.26. The van der Waals surface area contributed by atoms with Crippen LogP contribution in [-0.4, -0.2) is 16.6 Å². The predicted octanol–water partition coefficient (Wildman–Crippen LogP) is 2.25. The van der Waals surface area contributed by atoms with Crippen LogP contribution in [0.4, 0.5) is 5.82 Å². The molecule has 0 saturated carbocycles. The lowest BCUT2D eigenvalue weighted by atomic mass is 10.3. The Morgan fingerprint density at radius 3 is 2.53 bits per heavy atom. The van der Waals surface area contributed by atoms with Crippen LogP contribution in [0.15, 0.2) is 36.7 Å². The molecule has 5 nitrogen and oxygen atoms in total. The maximum absolute atomic E-state index is 5.56. The van der Waals surface area contributed by atoms with Gasteiger partial charge in [0.2, 0.25) is 5.88 Å². The Morgan fingerprint density at radius 1 is 1.12 bits per heavy atom. The molecule has 0 bridgehead atoms. The molecule has 0 amide bonds. The normalized spacial score (nSPS) is 9.94. The lowest BCUT2D eigenvalue weighted by Gasteiger charge is -2.10. The Balaban J connectivity index is 2.20. The van der Waals surface area contributed by atoms with Crippen LogP contribution in [0.5, 0.6) is 17.4 Å². The largest absolute Gasteiger partial charge is 0.490 e. The second-order valence-corrected chi connectivity index (χ2v) is 3.26. The molecule has 1 heterocycles. The number of anilines is 1. The molecule has 0 fully saturated rings. The summed E-state index contributed by atoms with van der Waals surface area (Å²) in [7, 11) is 0. The van der Waals surface area contributed by atoms with E-state index in [-0.39, 0.29) is 0 Å². The first-order valence-electron chi connectivity index (χ1n) is 5.27. The van der Waals surface area contributed by atoms with Crippen LogP contribution in [0.1, 0.15) is 6.92 Å². The molecule has 0 spiro atoms. The van der Waals surface area contributed by atoms with Crippen LogP contribution in [0, 0.1) is 0 Å². The van der Waals surface area contributed by atoms with Crippen molar-refractivity contribution in [3.63, 3.8) is 0 Å². The number of rotatable bonds is 4. The predicted molar refractivity (Wildman–Crippen MR) is 64.1 cm³/mol. The molecule has 17 heavy (non-hydrogen) atoms. The molecule has 2 N–H and O–H groups in total. The third-order valence-electron chi connectivity index (χ3n) is 2.01. The summed E-state index contributed by atoms with van der Waals surface area (Å²) in [5, 5.41) is 0. The zero-order valence-electron chi connectivity index (χ0n) is 9.46. The van der Waals surface area contributed by atoms with Crippen LogP contribution in [0.2, 0.25) is 0 Å². The number of para-hydroxylation sites is 2. The van der Waals surface area contributed by atoms with E-state index in [1.54, 1.807) is 0 Å². The van der Waals surface area contributed by atoms with E-state index in [1.165, 1.54) is 12.4 Å². The van der Waals surface area contributed by atoms with Gasteiger partial charge < -0.3 is 15.2 Å². The van der Waals surface area contributed by atoms with Gasteiger partial charge in [-0.3, -0.25) is 0 Å². The van der Waals surface area contributed by atoms with Gasteiger partial charge in [0, 0.05) is 0 Å². The van der Waals surface area contributed by atoms with Crippen molar-refractivity contribution in [3.05, 3.63) is 36.7 Å². The Kier molecular flexibility index (Phi) is 3.40. The van der Waals surface area contributed by atoms with Crippen LogP contribution in [0.3, 0.4) is 0 Å². The van der Waals surface area contributed by atoms with Gasteiger partial charge in [0.15, 0.2) is 11.5 Å². The van der Waals surface area contributed by atoms with Crippen molar-refractivity contribution in [2.45, 2.75) is 6.92 Å². The lowest BCUT2D eigenvalue weighted by molar-refractivity contribution is 0.319. The highest BCUT2D eigenvalue weighted by atomic mass is 16.5. The summed E-state index contributed by atoms with van der Waals surface area (Å²) < 4.78 is 11.0. The van der Waals surface area contributed by atoms with Crippen molar-refractivity contribution in [2.24, 2.45) is 0 Å². The molecule has 2 aromatic rings. The van der Waals surface area contributed by atoms with E-state index in [2.05, 4.69) is 9.97 Å². The van der Waals surface area contributed by atoms with E-state index in [1.807, 2.05) is 31.2 Å². The maximum atomic E-state index is 5.56. The molecule has 0 aliphatic heterocycles. The van der Waals surface area contributed by atoms with Gasteiger partial charge in [-0.25, -0.2) is 9.97 Å². The number of nitrogens with zero attached hydrogens (tertiary/aromatic N) is 2. The summed E-state index contributed by atoms with van der Waals surface area (Å²) in [6.45, 7) is 2.49. The molecule has 0 saturated heterocycles. The number of hydrogen-bond donors (Lipinski definition) is 1. The lowest BCUT2D eigenvalue weighted by Crippen LogP contribution is -1.97. The first kappa shape index (κ1) is 11.2. The quantitative estimate of drug-likeness (QED) is 0.873. The van der Waals surface area contributed by atoms with Crippen molar-refractivity contribution in [1.82, 2.24) is 9.97 Å². The number of aromatic nitrogens is 2. The highest BCUT2D eigenvalue weighted by Gasteiger charge is 2.05. The Hall–Kier alpha value is -2.30. The fourth-order valence-electron chi connectivity index (χ4n) is 1.30. The molecule has 0 aliphatic carbocycles. The molecular weight excluding hydrogens is 218 g/mol. The van der Waals surface area contributed by atoms with Gasteiger partial charge in [-0.15, -0.1) is 0 Å². The van der Waals surface area contributed by atoms with Crippen molar-refractivity contribution in [2.75, 3.05) is 12.3 Å². The van der Waals surface area contributed by atoms with Crippen LogP contribution in [-0.2, 0) is 0 Å². The molecule has 1 aromatic carbocycles. The molecule has 0 unspecified atom stereocenters. The van der Waals surface area contributed by atoms with Gasteiger partial charge in [-0.05, 0) is 19.1 Å². The van der Waals surface area contributed by atoms with E-state index in [0.717, 1.165) is 0 Å². The monoisotopic (exact) mass is 231 g/mol. The van der Waals surface area contributed by atoms with Crippen LogP contribution >= 0.6 is 0 Å². The van der Waals surface area contributed by atoms with Crippen molar-refractivity contribution in [3.8, 4) is 17.4 Å². The summed E-state index contributed by atoms with van der Waals surface area (Å²) in [5.74, 6) is 2.02. The van der Waals surface area contributed by atoms with Crippen molar-refractivity contribution in [1.29, 1.82) is 0 Å². The average Bonchev–Trinajstić information content (AvgIpc) is 2.35. The highest BCUT2D eigenvalue weighted by molar-refractivity contribution is 5.41. The smallest absolute Gasteiger partial charge is 0.238 e. The van der Waals surface area contributed by atoms with Gasteiger partial charge >= 0.3 is 0 Å². The molecule has 5 heteroatoms. The molecule has 0 atom stereocenters. The highest BCUT2D eigenvalue weighted by Crippen LogP contribution is 2.29. The minimum atomic E-state index is 0.357. The third-order valence-corrected chi connectivity index (χ3v) is 2.01. The number of hydrogen-bond acceptors (Lipinski definition) is 5. The second kappa shape index (κ2) is 5.16.